The van der Waals surface area contributed by atoms with Gasteiger partial charge in [0.15, 0.2) is 5.82 Å². The van der Waals surface area contributed by atoms with Gasteiger partial charge < -0.3 is 10.1 Å². The molecule has 4 nitrogen and oxygen atoms in total. The number of nitrogens with zero attached hydrogens (tertiary/aromatic N) is 2. The lowest BCUT2D eigenvalue weighted by atomic mass is 10.1. The van der Waals surface area contributed by atoms with Crippen LogP contribution >= 0.6 is 0 Å². The molecule has 1 saturated carbocycles. The van der Waals surface area contributed by atoms with Crippen LogP contribution in [-0.4, -0.2) is 9.97 Å². The average molecular weight is 267 g/mol. The Morgan fingerprint density at radius 3 is 2.75 bits per heavy atom. The molecule has 1 fully saturated rings. The van der Waals surface area contributed by atoms with Crippen molar-refractivity contribution in [2.45, 2.75) is 38.5 Å². The van der Waals surface area contributed by atoms with Gasteiger partial charge in [0, 0.05) is 24.6 Å². The molecule has 102 valence electrons. The normalized spacial score (nSPS) is 17.0. The quantitative estimate of drug-likeness (QED) is 0.924. The first-order valence-electron chi connectivity index (χ1n) is 7.17. The number of benzene rings is 1. The second-order valence-electron chi connectivity index (χ2n) is 5.43. The van der Waals surface area contributed by atoms with Gasteiger partial charge in [-0.15, -0.1) is 0 Å². The third kappa shape index (κ3) is 2.27. The van der Waals surface area contributed by atoms with Crippen molar-refractivity contribution in [3.8, 4) is 5.75 Å². The lowest BCUT2D eigenvalue weighted by Crippen LogP contribution is -2.08. The summed E-state index contributed by atoms with van der Waals surface area (Å²) >= 11 is 0. The van der Waals surface area contributed by atoms with Crippen molar-refractivity contribution < 1.29 is 4.74 Å². The Morgan fingerprint density at radius 1 is 1.10 bits per heavy atom. The van der Waals surface area contributed by atoms with Gasteiger partial charge in [-0.2, -0.15) is 0 Å². The Morgan fingerprint density at radius 2 is 1.95 bits per heavy atom. The molecule has 2 aliphatic rings. The SMILES string of the molecule is c1ccc(OCc2nc3c(c(C4CC4)n2)CNC3)cc1. The highest BCUT2D eigenvalue weighted by Crippen LogP contribution is 2.41. The first-order valence-corrected chi connectivity index (χ1v) is 7.17. The predicted octanol–water partition coefficient (Wildman–Crippen LogP) is 2.54. The number of ether oxygens (including phenoxy) is 1. The van der Waals surface area contributed by atoms with E-state index in [-0.39, 0.29) is 0 Å². The molecule has 0 bridgehead atoms. The Kier molecular flexibility index (Phi) is 2.89. The molecule has 1 aromatic heterocycles. The van der Waals surface area contributed by atoms with Crippen molar-refractivity contribution in [3.63, 3.8) is 0 Å². The van der Waals surface area contributed by atoms with E-state index >= 15 is 0 Å². The fourth-order valence-corrected chi connectivity index (χ4v) is 2.67. The summed E-state index contributed by atoms with van der Waals surface area (Å²) in [5.41, 5.74) is 3.75. The molecule has 0 unspecified atom stereocenters. The molecule has 0 spiro atoms. The fraction of sp³-hybridized carbons (Fsp3) is 0.375. The maximum Gasteiger partial charge on any atom is 0.166 e. The number of hydrogen-bond acceptors (Lipinski definition) is 4. The number of fused-ring (bicyclic) bond motifs is 1. The summed E-state index contributed by atoms with van der Waals surface area (Å²) in [5, 5.41) is 3.37. The molecule has 2 aromatic rings. The summed E-state index contributed by atoms with van der Waals surface area (Å²) in [7, 11) is 0. The minimum Gasteiger partial charge on any atom is -0.486 e. The Hall–Kier alpha value is -1.94. The van der Waals surface area contributed by atoms with E-state index in [1.165, 1.54) is 24.1 Å². The maximum atomic E-state index is 5.76. The summed E-state index contributed by atoms with van der Waals surface area (Å²) < 4.78 is 5.76. The van der Waals surface area contributed by atoms with E-state index in [0.29, 0.717) is 12.5 Å². The zero-order chi connectivity index (χ0) is 13.4. The number of nitrogens with one attached hydrogen (secondary N) is 1. The monoisotopic (exact) mass is 267 g/mol. The molecule has 4 rings (SSSR count). The minimum absolute atomic E-state index is 0.441. The number of rotatable bonds is 4. The third-order valence-electron chi connectivity index (χ3n) is 3.84. The van der Waals surface area contributed by atoms with Gasteiger partial charge in [0.05, 0.1) is 11.4 Å². The van der Waals surface area contributed by atoms with Gasteiger partial charge in [-0.3, -0.25) is 0 Å². The van der Waals surface area contributed by atoms with Gasteiger partial charge in [-0.25, -0.2) is 9.97 Å². The molecular formula is C16H17N3O. The molecule has 1 N–H and O–H groups in total. The minimum atomic E-state index is 0.441. The Bertz CT molecular complexity index is 623. The van der Waals surface area contributed by atoms with Crippen molar-refractivity contribution in [1.29, 1.82) is 0 Å². The fourth-order valence-electron chi connectivity index (χ4n) is 2.67. The van der Waals surface area contributed by atoms with Gasteiger partial charge in [-0.05, 0) is 25.0 Å². The molecule has 0 saturated heterocycles. The van der Waals surface area contributed by atoms with Crippen LogP contribution in [0, 0.1) is 0 Å². The standard InChI is InChI=1S/C16H17N3O/c1-2-4-12(5-3-1)20-10-15-18-14-9-17-8-13(14)16(19-15)11-6-7-11/h1-5,11,17H,6-10H2. The second kappa shape index (κ2) is 4.87. The largest absolute Gasteiger partial charge is 0.486 e. The van der Waals surface area contributed by atoms with Crippen LogP contribution in [0.1, 0.15) is 41.5 Å². The zero-order valence-corrected chi connectivity index (χ0v) is 11.3. The lowest BCUT2D eigenvalue weighted by Gasteiger charge is -2.10. The highest BCUT2D eigenvalue weighted by molar-refractivity contribution is 5.34. The molecule has 0 radical (unpaired) electrons. The van der Waals surface area contributed by atoms with Crippen LogP contribution in [0.25, 0.3) is 0 Å². The van der Waals surface area contributed by atoms with E-state index in [2.05, 4.69) is 10.3 Å². The van der Waals surface area contributed by atoms with Crippen LogP contribution in [0.3, 0.4) is 0 Å². The highest BCUT2D eigenvalue weighted by Gasteiger charge is 2.31. The van der Waals surface area contributed by atoms with Crippen LogP contribution in [0.2, 0.25) is 0 Å². The molecule has 0 atom stereocenters. The van der Waals surface area contributed by atoms with Crippen LogP contribution in [0.15, 0.2) is 30.3 Å². The number of aromatic nitrogens is 2. The highest BCUT2D eigenvalue weighted by atomic mass is 16.5. The number of hydrogen-bond donors (Lipinski definition) is 1. The molecule has 2 heterocycles. The van der Waals surface area contributed by atoms with Crippen LogP contribution in [0.5, 0.6) is 5.75 Å². The van der Waals surface area contributed by atoms with Crippen molar-refractivity contribution >= 4 is 0 Å². The van der Waals surface area contributed by atoms with Gasteiger partial charge in [0.25, 0.3) is 0 Å². The summed E-state index contributed by atoms with van der Waals surface area (Å²) in [6, 6.07) is 9.83. The topological polar surface area (TPSA) is 47.0 Å². The summed E-state index contributed by atoms with van der Waals surface area (Å²) in [6.45, 7) is 2.22. The van der Waals surface area contributed by atoms with E-state index in [0.717, 1.165) is 30.4 Å². The van der Waals surface area contributed by atoms with Gasteiger partial charge in [0.1, 0.15) is 12.4 Å². The molecule has 4 heteroatoms. The van der Waals surface area contributed by atoms with Gasteiger partial charge in [0.2, 0.25) is 0 Å². The van der Waals surface area contributed by atoms with Crippen LogP contribution < -0.4 is 10.1 Å². The summed E-state index contributed by atoms with van der Waals surface area (Å²) in [6.07, 6.45) is 2.53. The molecule has 0 amide bonds. The Labute approximate surface area is 118 Å². The average Bonchev–Trinajstić information content (AvgIpc) is 3.23. The lowest BCUT2D eigenvalue weighted by molar-refractivity contribution is 0.295. The van der Waals surface area contributed by atoms with Crippen molar-refractivity contribution in [1.82, 2.24) is 15.3 Å². The summed E-state index contributed by atoms with van der Waals surface area (Å²) in [4.78, 5) is 9.39. The second-order valence-corrected chi connectivity index (χ2v) is 5.43. The van der Waals surface area contributed by atoms with Crippen LogP contribution in [0.4, 0.5) is 0 Å². The van der Waals surface area contributed by atoms with Gasteiger partial charge in [-0.1, -0.05) is 18.2 Å². The third-order valence-corrected chi connectivity index (χ3v) is 3.84. The summed E-state index contributed by atoms with van der Waals surface area (Å²) in [5.74, 6) is 2.32. The molecule has 1 aliphatic heterocycles. The predicted molar refractivity (Wildman–Crippen MR) is 75.3 cm³/mol. The molecular weight excluding hydrogens is 250 g/mol. The van der Waals surface area contributed by atoms with E-state index < -0.39 is 0 Å². The molecule has 20 heavy (non-hydrogen) atoms. The first kappa shape index (κ1) is 11.9. The Balaban J connectivity index is 1.57. The smallest absolute Gasteiger partial charge is 0.166 e. The number of para-hydroxylation sites is 1. The van der Waals surface area contributed by atoms with Crippen molar-refractivity contribution in [3.05, 3.63) is 53.1 Å². The molecule has 1 aliphatic carbocycles. The van der Waals surface area contributed by atoms with E-state index in [1.54, 1.807) is 0 Å². The first-order chi connectivity index (χ1) is 9.90. The van der Waals surface area contributed by atoms with E-state index in [9.17, 15) is 0 Å². The van der Waals surface area contributed by atoms with E-state index in [1.807, 2.05) is 30.3 Å². The van der Waals surface area contributed by atoms with Crippen LogP contribution in [-0.2, 0) is 19.7 Å². The van der Waals surface area contributed by atoms with E-state index in [4.69, 9.17) is 9.72 Å². The van der Waals surface area contributed by atoms with Crippen molar-refractivity contribution in [2.24, 2.45) is 0 Å². The maximum absolute atomic E-state index is 5.76. The zero-order valence-electron chi connectivity index (χ0n) is 11.3. The van der Waals surface area contributed by atoms with Gasteiger partial charge >= 0.3 is 0 Å². The van der Waals surface area contributed by atoms with Crippen molar-refractivity contribution in [2.75, 3.05) is 0 Å². The molecule has 1 aromatic carbocycles.